The summed E-state index contributed by atoms with van der Waals surface area (Å²) in [5.41, 5.74) is 2.45. The number of aliphatic carboxylic acids is 1. The van der Waals surface area contributed by atoms with Crippen molar-refractivity contribution in [2.24, 2.45) is 0 Å². The zero-order chi connectivity index (χ0) is 20.7. The molecule has 1 N–H and O–H groups in total. The number of halogens is 1. The molecule has 2 amide bonds. The van der Waals surface area contributed by atoms with E-state index in [2.05, 4.69) is 0 Å². The van der Waals surface area contributed by atoms with Crippen molar-refractivity contribution in [2.45, 2.75) is 6.54 Å². The average molecular weight is 445 g/mol. The number of benzene rings is 2. The van der Waals surface area contributed by atoms with Gasteiger partial charge in [-0.25, -0.2) is 0 Å². The van der Waals surface area contributed by atoms with Crippen LogP contribution in [-0.2, 0) is 20.9 Å². The predicted molar refractivity (Wildman–Crippen MR) is 116 cm³/mol. The van der Waals surface area contributed by atoms with Crippen LogP contribution in [0.15, 0.2) is 53.4 Å². The molecule has 4 rings (SSSR count). The van der Waals surface area contributed by atoms with E-state index in [-0.39, 0.29) is 20.7 Å². The van der Waals surface area contributed by atoms with Gasteiger partial charge in [-0.3, -0.25) is 19.3 Å². The van der Waals surface area contributed by atoms with Crippen LogP contribution in [0.1, 0.15) is 11.1 Å². The van der Waals surface area contributed by atoms with Gasteiger partial charge in [-0.2, -0.15) is 0 Å². The van der Waals surface area contributed by atoms with E-state index in [4.69, 9.17) is 28.9 Å². The molecule has 0 unspecified atom stereocenters. The van der Waals surface area contributed by atoms with E-state index in [1.807, 2.05) is 24.3 Å². The van der Waals surface area contributed by atoms with Gasteiger partial charge in [-0.1, -0.05) is 65.9 Å². The number of anilines is 1. The van der Waals surface area contributed by atoms with E-state index in [1.54, 1.807) is 29.2 Å². The van der Waals surface area contributed by atoms with Gasteiger partial charge in [-0.05, 0) is 23.8 Å². The molecule has 2 aliphatic rings. The fraction of sp³-hybridized carbons (Fsp3) is 0.100. The topological polar surface area (TPSA) is 77.9 Å². The number of carboxylic acids is 1. The third kappa shape index (κ3) is 3.55. The lowest BCUT2D eigenvalue weighted by Crippen LogP contribution is -2.33. The summed E-state index contributed by atoms with van der Waals surface area (Å²) in [6.45, 7) is -0.224. The number of fused-ring (bicyclic) bond motifs is 1. The summed E-state index contributed by atoms with van der Waals surface area (Å²) in [6.07, 6.45) is 0. The first-order chi connectivity index (χ1) is 13.9. The summed E-state index contributed by atoms with van der Waals surface area (Å²) >= 11 is 12.1. The maximum absolute atomic E-state index is 13.3. The van der Waals surface area contributed by atoms with Crippen LogP contribution in [0.3, 0.4) is 0 Å². The number of thiocarbonyl (C=S) groups is 1. The first kappa shape index (κ1) is 19.6. The summed E-state index contributed by atoms with van der Waals surface area (Å²) in [4.78, 5) is 39.9. The standard InChI is InChI=1S/C20H13ClN2O4S2/c21-12-7-5-11(6-8-12)9-22-14-4-2-1-3-13(14)16(18(22)26)17-19(27)23(10-15(24)25)20(28)29-17/h1-8H,9-10H2,(H,24,25)/b17-16-. The number of amides is 2. The summed E-state index contributed by atoms with van der Waals surface area (Å²) in [7, 11) is 0. The first-order valence-electron chi connectivity index (χ1n) is 8.52. The van der Waals surface area contributed by atoms with Gasteiger partial charge in [0.1, 0.15) is 10.9 Å². The molecule has 0 bridgehead atoms. The van der Waals surface area contributed by atoms with Crippen LogP contribution in [-0.4, -0.2) is 38.7 Å². The second-order valence-electron chi connectivity index (χ2n) is 6.39. The third-order valence-electron chi connectivity index (χ3n) is 4.55. The number of hydrogen-bond acceptors (Lipinski definition) is 5. The average Bonchev–Trinajstić information content (AvgIpc) is 3.11. The summed E-state index contributed by atoms with van der Waals surface area (Å²) in [5.74, 6) is -2.05. The smallest absolute Gasteiger partial charge is 0.323 e. The van der Waals surface area contributed by atoms with Crippen molar-refractivity contribution in [1.82, 2.24) is 4.90 Å². The molecule has 0 radical (unpaired) electrons. The van der Waals surface area contributed by atoms with Crippen molar-refractivity contribution in [3.05, 3.63) is 69.6 Å². The van der Waals surface area contributed by atoms with E-state index < -0.39 is 18.4 Å². The largest absolute Gasteiger partial charge is 0.480 e. The lowest BCUT2D eigenvalue weighted by Gasteiger charge is -2.17. The van der Waals surface area contributed by atoms with Gasteiger partial charge >= 0.3 is 5.97 Å². The molecule has 0 saturated carbocycles. The molecule has 1 fully saturated rings. The monoisotopic (exact) mass is 444 g/mol. The molecule has 2 heterocycles. The Morgan fingerprint density at radius 3 is 2.41 bits per heavy atom. The van der Waals surface area contributed by atoms with Gasteiger partial charge in [0.2, 0.25) is 0 Å². The molecular formula is C20H13ClN2O4S2. The zero-order valence-electron chi connectivity index (χ0n) is 14.8. The Bertz CT molecular complexity index is 1100. The Morgan fingerprint density at radius 1 is 1.03 bits per heavy atom. The number of para-hydroxylation sites is 1. The minimum Gasteiger partial charge on any atom is -0.480 e. The van der Waals surface area contributed by atoms with Crippen LogP contribution in [0.2, 0.25) is 5.02 Å². The first-order valence-corrected chi connectivity index (χ1v) is 10.1. The summed E-state index contributed by atoms with van der Waals surface area (Å²) < 4.78 is 0.126. The molecule has 0 aromatic heterocycles. The molecule has 9 heteroatoms. The lowest BCUT2D eigenvalue weighted by molar-refractivity contribution is -0.140. The van der Waals surface area contributed by atoms with Gasteiger partial charge in [0, 0.05) is 10.6 Å². The van der Waals surface area contributed by atoms with Crippen molar-refractivity contribution >= 4 is 68.9 Å². The van der Waals surface area contributed by atoms with Crippen LogP contribution >= 0.6 is 35.6 Å². The normalized spacial score (nSPS) is 18.6. The highest BCUT2D eigenvalue weighted by Gasteiger charge is 2.42. The van der Waals surface area contributed by atoms with Crippen molar-refractivity contribution in [3.8, 4) is 0 Å². The highest BCUT2D eigenvalue weighted by molar-refractivity contribution is 8.26. The molecular weight excluding hydrogens is 432 g/mol. The molecule has 2 aromatic rings. The third-order valence-corrected chi connectivity index (χ3v) is 6.25. The van der Waals surface area contributed by atoms with Crippen molar-refractivity contribution < 1.29 is 19.5 Å². The van der Waals surface area contributed by atoms with Crippen molar-refractivity contribution in [1.29, 1.82) is 0 Å². The van der Waals surface area contributed by atoms with Gasteiger partial charge in [-0.15, -0.1) is 0 Å². The van der Waals surface area contributed by atoms with Crippen molar-refractivity contribution in [2.75, 3.05) is 11.4 Å². The Balaban J connectivity index is 1.76. The SMILES string of the molecule is O=C(O)CN1C(=O)/C(=C2/C(=O)N(Cc3ccc(Cl)cc3)c3ccccc32)SC1=S. The van der Waals surface area contributed by atoms with Crippen LogP contribution in [0.4, 0.5) is 5.69 Å². The molecule has 2 aliphatic heterocycles. The second kappa shape index (κ2) is 7.62. The quantitative estimate of drug-likeness (QED) is 0.574. The Kier molecular flexibility index (Phi) is 5.16. The van der Waals surface area contributed by atoms with Gasteiger partial charge in [0.05, 0.1) is 22.7 Å². The van der Waals surface area contributed by atoms with Gasteiger partial charge in [0.25, 0.3) is 11.8 Å². The van der Waals surface area contributed by atoms with Crippen LogP contribution < -0.4 is 4.90 Å². The minimum absolute atomic E-state index is 0.126. The Labute approximate surface area is 180 Å². The molecule has 0 atom stereocenters. The lowest BCUT2D eigenvalue weighted by atomic mass is 10.1. The number of nitrogens with zero attached hydrogens (tertiary/aromatic N) is 2. The highest BCUT2D eigenvalue weighted by Crippen LogP contribution is 2.44. The number of hydrogen-bond donors (Lipinski definition) is 1. The Morgan fingerprint density at radius 2 is 1.72 bits per heavy atom. The number of carboxylic acid groups (broad SMARTS) is 1. The number of rotatable bonds is 4. The van der Waals surface area contributed by atoms with Gasteiger partial charge < -0.3 is 10.0 Å². The van der Waals surface area contributed by atoms with Crippen LogP contribution in [0, 0.1) is 0 Å². The van der Waals surface area contributed by atoms with E-state index in [1.165, 1.54) is 0 Å². The molecule has 1 saturated heterocycles. The second-order valence-corrected chi connectivity index (χ2v) is 8.47. The predicted octanol–water partition coefficient (Wildman–Crippen LogP) is 3.54. The number of carbonyl (C=O) groups excluding carboxylic acids is 2. The van der Waals surface area contributed by atoms with Crippen molar-refractivity contribution in [3.63, 3.8) is 0 Å². The number of carbonyl (C=O) groups is 3. The maximum Gasteiger partial charge on any atom is 0.323 e. The highest BCUT2D eigenvalue weighted by atomic mass is 35.5. The van der Waals surface area contributed by atoms with Crippen LogP contribution in [0.5, 0.6) is 0 Å². The summed E-state index contributed by atoms with van der Waals surface area (Å²) in [6, 6.07) is 14.4. The molecule has 6 nitrogen and oxygen atoms in total. The van der Waals surface area contributed by atoms with E-state index in [9.17, 15) is 14.4 Å². The Hall–Kier alpha value is -2.68. The zero-order valence-corrected chi connectivity index (χ0v) is 17.2. The maximum atomic E-state index is 13.3. The number of thioether (sulfide) groups is 1. The van der Waals surface area contributed by atoms with Crippen LogP contribution in [0.25, 0.3) is 5.57 Å². The van der Waals surface area contributed by atoms with E-state index in [0.29, 0.717) is 22.8 Å². The molecule has 0 aliphatic carbocycles. The molecule has 29 heavy (non-hydrogen) atoms. The summed E-state index contributed by atoms with van der Waals surface area (Å²) in [5, 5.41) is 9.63. The minimum atomic E-state index is -1.17. The fourth-order valence-electron chi connectivity index (χ4n) is 3.25. The van der Waals surface area contributed by atoms with E-state index >= 15 is 0 Å². The fourth-order valence-corrected chi connectivity index (χ4v) is 4.70. The molecule has 146 valence electrons. The van der Waals surface area contributed by atoms with E-state index in [0.717, 1.165) is 22.2 Å². The molecule has 2 aromatic carbocycles. The molecule has 0 spiro atoms. The van der Waals surface area contributed by atoms with Gasteiger partial charge in [0.15, 0.2) is 0 Å².